The second-order valence-electron chi connectivity index (χ2n) is 4.99. The van der Waals surface area contributed by atoms with Crippen molar-refractivity contribution in [3.63, 3.8) is 0 Å². The van der Waals surface area contributed by atoms with Crippen molar-refractivity contribution in [2.75, 3.05) is 19.6 Å². The summed E-state index contributed by atoms with van der Waals surface area (Å²) in [4.78, 5) is 2.62. The highest BCUT2D eigenvalue weighted by Crippen LogP contribution is 2.12. The van der Waals surface area contributed by atoms with Crippen molar-refractivity contribution < 1.29 is 0 Å². The van der Waals surface area contributed by atoms with E-state index in [4.69, 9.17) is 0 Å². The first-order valence-corrected chi connectivity index (χ1v) is 6.24. The van der Waals surface area contributed by atoms with E-state index < -0.39 is 0 Å². The summed E-state index contributed by atoms with van der Waals surface area (Å²) >= 11 is 0. The zero-order valence-electron chi connectivity index (χ0n) is 10.7. The molecule has 1 aliphatic heterocycles. The molecule has 0 aliphatic carbocycles. The number of nitrogens with one attached hydrogen (secondary N) is 1. The van der Waals surface area contributed by atoms with Crippen molar-refractivity contribution in [2.45, 2.75) is 52.6 Å². The Kier molecular flexibility index (Phi) is 5.34. The van der Waals surface area contributed by atoms with E-state index in [1.54, 1.807) is 0 Å². The maximum atomic E-state index is 3.57. The molecule has 0 aromatic carbocycles. The summed E-state index contributed by atoms with van der Waals surface area (Å²) < 4.78 is 0. The first-order chi connectivity index (χ1) is 7.13. The fraction of sp³-hybridized carbons (Fsp3) is 0.846. The van der Waals surface area contributed by atoms with Crippen LogP contribution in [0.1, 0.15) is 40.5 Å². The van der Waals surface area contributed by atoms with E-state index in [1.165, 1.54) is 25.0 Å². The topological polar surface area (TPSA) is 15.3 Å². The Hall–Kier alpha value is -0.340. The Morgan fingerprint density at radius 2 is 2.20 bits per heavy atom. The van der Waals surface area contributed by atoms with Gasteiger partial charge in [0.15, 0.2) is 0 Å². The molecule has 2 atom stereocenters. The highest BCUT2D eigenvalue weighted by Gasteiger charge is 2.23. The van der Waals surface area contributed by atoms with Crippen LogP contribution in [0.5, 0.6) is 0 Å². The molecule has 88 valence electrons. The highest BCUT2D eigenvalue weighted by molar-refractivity contribution is 4.97. The van der Waals surface area contributed by atoms with Gasteiger partial charge in [-0.3, -0.25) is 4.90 Å². The van der Waals surface area contributed by atoms with Crippen molar-refractivity contribution in [1.82, 2.24) is 10.2 Å². The average molecular weight is 210 g/mol. The lowest BCUT2D eigenvalue weighted by Crippen LogP contribution is -2.55. The number of piperazine rings is 1. The second-order valence-corrected chi connectivity index (χ2v) is 4.99. The van der Waals surface area contributed by atoms with Crippen LogP contribution in [0.3, 0.4) is 0 Å². The lowest BCUT2D eigenvalue weighted by Gasteiger charge is -2.39. The van der Waals surface area contributed by atoms with Crippen LogP contribution < -0.4 is 5.32 Å². The van der Waals surface area contributed by atoms with Gasteiger partial charge in [0.05, 0.1) is 0 Å². The third kappa shape index (κ3) is 4.35. The molecule has 2 unspecified atom stereocenters. The van der Waals surface area contributed by atoms with E-state index >= 15 is 0 Å². The van der Waals surface area contributed by atoms with Crippen LogP contribution in [-0.2, 0) is 0 Å². The predicted molar refractivity (Wildman–Crippen MR) is 67.2 cm³/mol. The van der Waals surface area contributed by atoms with Gasteiger partial charge in [0, 0.05) is 31.7 Å². The Balaban J connectivity index is 2.49. The minimum atomic E-state index is 0.642. The zero-order chi connectivity index (χ0) is 11.3. The van der Waals surface area contributed by atoms with Crippen molar-refractivity contribution >= 4 is 0 Å². The zero-order valence-corrected chi connectivity index (χ0v) is 10.7. The Bertz CT molecular complexity index is 207. The first-order valence-electron chi connectivity index (χ1n) is 6.24. The van der Waals surface area contributed by atoms with E-state index in [9.17, 15) is 0 Å². The van der Waals surface area contributed by atoms with Gasteiger partial charge in [-0.15, -0.1) is 0 Å². The van der Waals surface area contributed by atoms with Crippen LogP contribution >= 0.6 is 0 Å². The standard InChI is InChI=1S/C13H26N2/c1-5-6-13-9-14-12(4)10-15(13)8-7-11(2)3/h7,12-14H,5-6,8-10H2,1-4H3. The number of hydrogen-bond acceptors (Lipinski definition) is 2. The fourth-order valence-electron chi connectivity index (χ4n) is 2.17. The van der Waals surface area contributed by atoms with Gasteiger partial charge in [0.1, 0.15) is 0 Å². The van der Waals surface area contributed by atoms with Gasteiger partial charge in [-0.25, -0.2) is 0 Å². The van der Waals surface area contributed by atoms with E-state index in [1.807, 2.05) is 0 Å². The molecule has 0 amide bonds. The van der Waals surface area contributed by atoms with Gasteiger partial charge in [-0.05, 0) is 27.2 Å². The molecule has 0 aromatic heterocycles. The minimum absolute atomic E-state index is 0.642. The molecule has 0 bridgehead atoms. The van der Waals surface area contributed by atoms with Crippen LogP contribution in [0.15, 0.2) is 11.6 Å². The van der Waals surface area contributed by atoms with Crippen LogP contribution in [-0.4, -0.2) is 36.6 Å². The normalized spacial score (nSPS) is 27.7. The molecule has 15 heavy (non-hydrogen) atoms. The minimum Gasteiger partial charge on any atom is -0.311 e. The quantitative estimate of drug-likeness (QED) is 0.717. The molecule has 1 heterocycles. The van der Waals surface area contributed by atoms with Crippen molar-refractivity contribution in [3.05, 3.63) is 11.6 Å². The Morgan fingerprint density at radius 1 is 1.47 bits per heavy atom. The van der Waals surface area contributed by atoms with E-state index in [2.05, 4.69) is 44.0 Å². The van der Waals surface area contributed by atoms with Gasteiger partial charge in [-0.2, -0.15) is 0 Å². The summed E-state index contributed by atoms with van der Waals surface area (Å²) in [5.41, 5.74) is 1.43. The Morgan fingerprint density at radius 3 is 2.80 bits per heavy atom. The summed E-state index contributed by atoms with van der Waals surface area (Å²) in [6.45, 7) is 12.4. The summed E-state index contributed by atoms with van der Waals surface area (Å²) in [6, 6.07) is 1.38. The van der Waals surface area contributed by atoms with Gasteiger partial charge in [0.2, 0.25) is 0 Å². The maximum absolute atomic E-state index is 3.57. The molecule has 1 N–H and O–H groups in total. The molecule has 0 radical (unpaired) electrons. The average Bonchev–Trinajstić information content (AvgIpc) is 2.18. The summed E-state index contributed by atoms with van der Waals surface area (Å²) in [5.74, 6) is 0. The molecule has 1 rings (SSSR count). The van der Waals surface area contributed by atoms with Crippen LogP contribution in [0.4, 0.5) is 0 Å². The van der Waals surface area contributed by atoms with Gasteiger partial charge in [-0.1, -0.05) is 25.0 Å². The summed E-state index contributed by atoms with van der Waals surface area (Å²) in [7, 11) is 0. The largest absolute Gasteiger partial charge is 0.311 e. The lowest BCUT2D eigenvalue weighted by atomic mass is 10.1. The lowest BCUT2D eigenvalue weighted by molar-refractivity contribution is 0.142. The molecular formula is C13H26N2. The second kappa shape index (κ2) is 6.29. The maximum Gasteiger partial charge on any atom is 0.0224 e. The van der Waals surface area contributed by atoms with E-state index in [0.29, 0.717) is 6.04 Å². The monoisotopic (exact) mass is 210 g/mol. The summed E-state index contributed by atoms with van der Waals surface area (Å²) in [5, 5.41) is 3.57. The van der Waals surface area contributed by atoms with Crippen LogP contribution in [0, 0.1) is 0 Å². The SMILES string of the molecule is CCCC1CNC(C)CN1CC=C(C)C. The van der Waals surface area contributed by atoms with Gasteiger partial charge < -0.3 is 5.32 Å². The number of rotatable bonds is 4. The highest BCUT2D eigenvalue weighted by atomic mass is 15.2. The number of allylic oxidation sites excluding steroid dienone is 1. The third-order valence-electron chi connectivity index (χ3n) is 3.08. The third-order valence-corrected chi connectivity index (χ3v) is 3.08. The van der Waals surface area contributed by atoms with Crippen molar-refractivity contribution in [3.8, 4) is 0 Å². The molecular weight excluding hydrogens is 184 g/mol. The molecule has 0 aromatic rings. The molecule has 2 heteroatoms. The van der Waals surface area contributed by atoms with Gasteiger partial charge >= 0.3 is 0 Å². The Labute approximate surface area is 94.7 Å². The summed E-state index contributed by atoms with van der Waals surface area (Å²) in [6.07, 6.45) is 4.95. The van der Waals surface area contributed by atoms with Crippen molar-refractivity contribution in [1.29, 1.82) is 0 Å². The molecule has 1 fully saturated rings. The predicted octanol–water partition coefficient (Wildman–Crippen LogP) is 2.42. The molecule has 0 saturated carbocycles. The molecule has 2 nitrogen and oxygen atoms in total. The first kappa shape index (κ1) is 12.7. The fourth-order valence-corrected chi connectivity index (χ4v) is 2.17. The number of hydrogen-bond donors (Lipinski definition) is 1. The van der Waals surface area contributed by atoms with E-state index in [-0.39, 0.29) is 0 Å². The smallest absolute Gasteiger partial charge is 0.0224 e. The molecule has 0 spiro atoms. The van der Waals surface area contributed by atoms with Crippen molar-refractivity contribution in [2.24, 2.45) is 0 Å². The van der Waals surface area contributed by atoms with E-state index in [0.717, 1.165) is 19.1 Å². The molecule has 1 saturated heterocycles. The number of nitrogens with zero attached hydrogens (tertiary/aromatic N) is 1. The van der Waals surface area contributed by atoms with Crippen LogP contribution in [0.25, 0.3) is 0 Å². The molecule has 1 aliphatic rings. The van der Waals surface area contributed by atoms with Crippen LogP contribution in [0.2, 0.25) is 0 Å². The van der Waals surface area contributed by atoms with Gasteiger partial charge in [0.25, 0.3) is 0 Å².